The van der Waals surface area contributed by atoms with Crippen LogP contribution in [-0.4, -0.2) is 33.5 Å². The fraction of sp³-hybridized carbons (Fsp3) is 0.333. The monoisotopic (exact) mass is 363 g/mol. The summed E-state index contributed by atoms with van der Waals surface area (Å²) in [6.07, 6.45) is -1.56. The minimum absolute atomic E-state index is 0.0220. The third-order valence-corrected chi connectivity index (χ3v) is 3.31. The zero-order chi connectivity index (χ0) is 15.6. The van der Waals surface area contributed by atoms with Crippen LogP contribution in [0.3, 0.4) is 0 Å². The van der Waals surface area contributed by atoms with Gasteiger partial charge in [0.15, 0.2) is 12.4 Å². The van der Waals surface area contributed by atoms with E-state index in [0.29, 0.717) is 5.56 Å². The van der Waals surface area contributed by atoms with Crippen molar-refractivity contribution in [3.8, 4) is 0 Å². The first-order valence-corrected chi connectivity index (χ1v) is 6.81. The van der Waals surface area contributed by atoms with Crippen LogP contribution in [0.25, 0.3) is 6.08 Å². The molecule has 1 fully saturated rings. The van der Waals surface area contributed by atoms with Gasteiger partial charge in [-0.1, -0.05) is 15.9 Å². The highest BCUT2D eigenvalue weighted by molar-refractivity contribution is 9.11. The van der Waals surface area contributed by atoms with Gasteiger partial charge in [-0.3, -0.25) is 4.57 Å². The van der Waals surface area contributed by atoms with E-state index in [4.69, 9.17) is 15.6 Å². The quantitative estimate of drug-likeness (QED) is 0.843. The molecule has 0 bridgehead atoms. The van der Waals surface area contributed by atoms with Gasteiger partial charge in [-0.05, 0) is 11.1 Å². The Morgan fingerprint density at radius 1 is 1.62 bits per heavy atom. The molecule has 1 aliphatic rings. The van der Waals surface area contributed by atoms with Gasteiger partial charge in [0.1, 0.15) is 11.9 Å². The molecule has 1 aromatic heterocycles. The molecule has 21 heavy (non-hydrogen) atoms. The van der Waals surface area contributed by atoms with E-state index in [0.717, 1.165) is 4.57 Å². The molecular weight excluding hydrogens is 352 g/mol. The predicted molar refractivity (Wildman–Crippen MR) is 76.0 cm³/mol. The number of aliphatic hydroxyl groups is 1. The normalized spacial score (nSPS) is 27.8. The number of ether oxygens (including phenoxy) is 1. The Bertz CT molecular complexity index is 647. The third kappa shape index (κ3) is 2.89. The molecule has 6 nitrogen and oxygen atoms in total. The first-order valence-electron chi connectivity index (χ1n) is 5.89. The SMILES string of the molecule is Nc1nc(=O)n(C2OC(CO)C(F)/C2=C\F)cc1/C=C\Br. The zero-order valence-corrected chi connectivity index (χ0v) is 12.2. The maximum absolute atomic E-state index is 13.9. The van der Waals surface area contributed by atoms with Crippen molar-refractivity contribution in [2.75, 3.05) is 12.3 Å². The molecule has 0 aliphatic carbocycles. The smallest absolute Gasteiger partial charge is 0.351 e. The lowest BCUT2D eigenvalue weighted by Crippen LogP contribution is -2.29. The van der Waals surface area contributed by atoms with E-state index in [1.165, 1.54) is 17.3 Å². The molecule has 3 N–H and O–H groups in total. The minimum atomic E-state index is -1.84. The van der Waals surface area contributed by atoms with Crippen LogP contribution < -0.4 is 11.4 Å². The number of anilines is 1. The van der Waals surface area contributed by atoms with Crippen molar-refractivity contribution >= 4 is 27.8 Å². The summed E-state index contributed by atoms with van der Waals surface area (Å²) in [7, 11) is 0. The van der Waals surface area contributed by atoms with Gasteiger partial charge in [-0.15, -0.1) is 0 Å². The van der Waals surface area contributed by atoms with Crippen LogP contribution in [0.2, 0.25) is 0 Å². The summed E-state index contributed by atoms with van der Waals surface area (Å²) >= 11 is 3.06. The Labute approximate surface area is 126 Å². The summed E-state index contributed by atoms with van der Waals surface area (Å²) in [5.41, 5.74) is 4.75. The van der Waals surface area contributed by atoms with Crippen LogP contribution in [-0.2, 0) is 4.74 Å². The lowest BCUT2D eigenvalue weighted by molar-refractivity contribution is -0.0322. The summed E-state index contributed by atoms with van der Waals surface area (Å²) in [5.74, 6) is -0.0220. The van der Waals surface area contributed by atoms with Gasteiger partial charge in [0.25, 0.3) is 0 Å². The highest BCUT2D eigenvalue weighted by Gasteiger charge is 2.41. The highest BCUT2D eigenvalue weighted by atomic mass is 79.9. The highest BCUT2D eigenvalue weighted by Crippen LogP contribution is 2.35. The molecule has 0 amide bonds. The van der Waals surface area contributed by atoms with Gasteiger partial charge in [0.05, 0.1) is 12.9 Å². The zero-order valence-electron chi connectivity index (χ0n) is 10.6. The molecule has 0 spiro atoms. The summed E-state index contributed by atoms with van der Waals surface area (Å²) in [4.78, 5) is 16.9. The van der Waals surface area contributed by atoms with Crippen LogP contribution in [0.4, 0.5) is 14.6 Å². The van der Waals surface area contributed by atoms with Gasteiger partial charge < -0.3 is 15.6 Å². The summed E-state index contributed by atoms with van der Waals surface area (Å²) in [5, 5.41) is 9.01. The summed E-state index contributed by atoms with van der Waals surface area (Å²) in [6.45, 7) is -0.639. The standard InChI is InChI=1S/C12H12BrF2N3O3/c13-2-1-6-4-18(12(20)17-10(6)16)11-7(3-14)9(15)8(5-19)21-11/h1-4,8-9,11,19H,5H2,(H2,16,17,20)/b2-1-,7-3+. The van der Waals surface area contributed by atoms with E-state index in [1.807, 2.05) is 0 Å². The van der Waals surface area contributed by atoms with Crippen molar-refractivity contribution < 1.29 is 18.6 Å². The number of nitrogens with two attached hydrogens (primary N) is 1. The summed E-state index contributed by atoms with van der Waals surface area (Å²) in [6, 6.07) is 0. The van der Waals surface area contributed by atoms with Crippen molar-refractivity contribution in [1.82, 2.24) is 9.55 Å². The molecule has 1 aliphatic heterocycles. The van der Waals surface area contributed by atoms with Crippen LogP contribution in [0.15, 0.2) is 27.9 Å². The lowest BCUT2D eigenvalue weighted by Gasteiger charge is -2.15. The minimum Gasteiger partial charge on any atom is -0.394 e. The first-order chi connectivity index (χ1) is 10.0. The molecule has 9 heteroatoms. The molecule has 0 radical (unpaired) electrons. The van der Waals surface area contributed by atoms with Gasteiger partial charge >= 0.3 is 5.69 Å². The van der Waals surface area contributed by atoms with Crippen LogP contribution >= 0.6 is 15.9 Å². The second-order valence-corrected chi connectivity index (χ2v) is 4.81. The maximum atomic E-state index is 13.9. The number of aliphatic hydroxyl groups excluding tert-OH is 1. The van der Waals surface area contributed by atoms with Crippen molar-refractivity contribution in [2.45, 2.75) is 18.5 Å². The van der Waals surface area contributed by atoms with Crippen molar-refractivity contribution in [2.24, 2.45) is 0 Å². The number of aromatic nitrogens is 2. The number of hydrogen-bond acceptors (Lipinski definition) is 5. The predicted octanol–water partition coefficient (Wildman–Crippen LogP) is 1.27. The Hall–Kier alpha value is -1.58. The molecular formula is C12H12BrF2N3O3. The molecule has 1 saturated heterocycles. The number of halogens is 3. The second kappa shape index (κ2) is 6.46. The first kappa shape index (κ1) is 15.8. The maximum Gasteiger partial charge on any atom is 0.351 e. The van der Waals surface area contributed by atoms with Crippen LogP contribution in [0.5, 0.6) is 0 Å². The van der Waals surface area contributed by atoms with Gasteiger partial charge in [0.2, 0.25) is 0 Å². The number of rotatable bonds is 3. The van der Waals surface area contributed by atoms with Gasteiger partial charge in [-0.2, -0.15) is 4.98 Å². The van der Waals surface area contributed by atoms with E-state index in [-0.39, 0.29) is 12.1 Å². The molecule has 2 heterocycles. The van der Waals surface area contributed by atoms with Gasteiger partial charge in [-0.25, -0.2) is 13.6 Å². The lowest BCUT2D eigenvalue weighted by atomic mass is 10.1. The molecule has 0 aromatic carbocycles. The average molecular weight is 364 g/mol. The largest absolute Gasteiger partial charge is 0.394 e. The van der Waals surface area contributed by atoms with Crippen molar-refractivity contribution in [3.05, 3.63) is 39.1 Å². The number of nitrogen functional groups attached to an aromatic ring is 1. The Morgan fingerprint density at radius 3 is 2.90 bits per heavy atom. The Kier molecular flexibility index (Phi) is 4.86. The van der Waals surface area contributed by atoms with Crippen molar-refractivity contribution in [1.29, 1.82) is 0 Å². The molecule has 114 valence electrons. The van der Waals surface area contributed by atoms with E-state index in [1.54, 1.807) is 0 Å². The van der Waals surface area contributed by atoms with E-state index in [9.17, 15) is 13.6 Å². The molecule has 2 rings (SSSR count). The number of hydrogen-bond donors (Lipinski definition) is 2. The average Bonchev–Trinajstić information content (AvgIpc) is 2.78. The Balaban J connectivity index is 2.51. The molecule has 3 unspecified atom stereocenters. The molecule has 0 saturated carbocycles. The van der Waals surface area contributed by atoms with Crippen molar-refractivity contribution in [3.63, 3.8) is 0 Å². The van der Waals surface area contributed by atoms with Crippen LogP contribution in [0.1, 0.15) is 11.8 Å². The van der Waals surface area contributed by atoms with E-state index >= 15 is 0 Å². The fourth-order valence-corrected chi connectivity index (χ4v) is 2.29. The topological polar surface area (TPSA) is 90.4 Å². The number of alkyl halides is 1. The molecule has 3 atom stereocenters. The van der Waals surface area contributed by atoms with Crippen LogP contribution in [0, 0.1) is 0 Å². The van der Waals surface area contributed by atoms with E-state index < -0.39 is 36.4 Å². The Morgan fingerprint density at radius 2 is 2.33 bits per heavy atom. The third-order valence-electron chi connectivity index (χ3n) is 3.05. The fourth-order valence-electron chi connectivity index (χ4n) is 2.00. The van der Waals surface area contributed by atoms with E-state index in [2.05, 4.69) is 20.9 Å². The number of nitrogens with zero attached hydrogens (tertiary/aromatic N) is 2. The summed E-state index contributed by atoms with van der Waals surface area (Å²) < 4.78 is 32.9. The van der Waals surface area contributed by atoms with Gasteiger partial charge in [0, 0.05) is 17.3 Å². The molecule has 1 aromatic rings. The second-order valence-electron chi connectivity index (χ2n) is 4.28.